The van der Waals surface area contributed by atoms with Crippen LogP contribution in [-0.4, -0.2) is 41.3 Å². The van der Waals surface area contributed by atoms with E-state index in [2.05, 4.69) is 10.3 Å². The molecule has 8 heteroatoms. The molecule has 0 unspecified atom stereocenters. The van der Waals surface area contributed by atoms with Crippen LogP contribution in [0.4, 0.5) is 0 Å². The number of nitrogens with one attached hydrogen (secondary N) is 1. The van der Waals surface area contributed by atoms with E-state index in [4.69, 9.17) is 0 Å². The second-order valence-corrected chi connectivity index (χ2v) is 9.13. The summed E-state index contributed by atoms with van der Waals surface area (Å²) >= 11 is 0. The van der Waals surface area contributed by atoms with E-state index in [1.54, 1.807) is 22.6 Å². The summed E-state index contributed by atoms with van der Waals surface area (Å²) in [5, 5.41) is 3.73. The maximum atomic E-state index is 12.7. The molecule has 0 spiro atoms. The predicted molar refractivity (Wildman–Crippen MR) is 111 cm³/mol. The second kappa shape index (κ2) is 8.34. The molecule has 152 valence electrons. The SMILES string of the molecule is O=C(CCn1ccc2cc(S(=O)(=O)N3CCCC3)ccc21)NCc1ccccn1. The summed E-state index contributed by atoms with van der Waals surface area (Å²) in [6, 6.07) is 12.7. The molecule has 1 aliphatic heterocycles. The Morgan fingerprint density at radius 1 is 1.10 bits per heavy atom. The molecule has 1 aliphatic rings. The van der Waals surface area contributed by atoms with E-state index in [0.29, 0.717) is 37.5 Å². The van der Waals surface area contributed by atoms with Crippen molar-refractivity contribution >= 4 is 26.8 Å². The van der Waals surface area contributed by atoms with Gasteiger partial charge in [-0.2, -0.15) is 4.31 Å². The van der Waals surface area contributed by atoms with E-state index >= 15 is 0 Å². The minimum Gasteiger partial charge on any atom is -0.350 e. The zero-order valence-electron chi connectivity index (χ0n) is 16.1. The quantitative estimate of drug-likeness (QED) is 0.646. The highest BCUT2D eigenvalue weighted by molar-refractivity contribution is 7.89. The fraction of sp³-hybridized carbons (Fsp3) is 0.333. The van der Waals surface area contributed by atoms with Crippen molar-refractivity contribution < 1.29 is 13.2 Å². The van der Waals surface area contributed by atoms with E-state index < -0.39 is 10.0 Å². The lowest BCUT2D eigenvalue weighted by Gasteiger charge is -2.15. The number of pyridine rings is 1. The van der Waals surface area contributed by atoms with Crippen LogP contribution in [0.5, 0.6) is 0 Å². The molecule has 0 atom stereocenters. The zero-order valence-corrected chi connectivity index (χ0v) is 16.9. The summed E-state index contributed by atoms with van der Waals surface area (Å²) in [4.78, 5) is 16.7. The Kier molecular flexibility index (Phi) is 5.64. The van der Waals surface area contributed by atoms with Crippen molar-refractivity contribution in [1.29, 1.82) is 0 Å². The van der Waals surface area contributed by atoms with Gasteiger partial charge < -0.3 is 9.88 Å². The normalized spacial score (nSPS) is 15.0. The van der Waals surface area contributed by atoms with Gasteiger partial charge in [-0.05, 0) is 49.2 Å². The summed E-state index contributed by atoms with van der Waals surface area (Å²) < 4.78 is 29.0. The molecule has 0 radical (unpaired) electrons. The molecule has 0 bridgehead atoms. The summed E-state index contributed by atoms with van der Waals surface area (Å²) in [7, 11) is -3.43. The van der Waals surface area contributed by atoms with Gasteiger partial charge >= 0.3 is 0 Å². The van der Waals surface area contributed by atoms with Gasteiger partial charge in [0, 0.05) is 49.4 Å². The Morgan fingerprint density at radius 3 is 2.69 bits per heavy atom. The van der Waals surface area contributed by atoms with Crippen molar-refractivity contribution in [1.82, 2.24) is 19.2 Å². The number of nitrogens with zero attached hydrogens (tertiary/aromatic N) is 3. The van der Waals surface area contributed by atoms with Gasteiger partial charge in [-0.15, -0.1) is 0 Å². The van der Waals surface area contributed by atoms with Crippen molar-refractivity contribution in [2.45, 2.75) is 37.2 Å². The van der Waals surface area contributed by atoms with Gasteiger partial charge in [0.05, 0.1) is 17.1 Å². The van der Waals surface area contributed by atoms with Crippen LogP contribution in [0.1, 0.15) is 25.0 Å². The maximum absolute atomic E-state index is 12.7. The first-order valence-electron chi connectivity index (χ1n) is 9.80. The molecule has 2 aromatic heterocycles. The topological polar surface area (TPSA) is 84.3 Å². The van der Waals surface area contributed by atoms with Crippen LogP contribution in [0.2, 0.25) is 0 Å². The van der Waals surface area contributed by atoms with Gasteiger partial charge in [0.1, 0.15) is 0 Å². The lowest BCUT2D eigenvalue weighted by molar-refractivity contribution is -0.121. The Morgan fingerprint density at radius 2 is 1.93 bits per heavy atom. The van der Waals surface area contributed by atoms with Crippen LogP contribution in [0, 0.1) is 0 Å². The van der Waals surface area contributed by atoms with Gasteiger partial charge in [0.2, 0.25) is 15.9 Å². The molecular formula is C21H24N4O3S. The van der Waals surface area contributed by atoms with Crippen LogP contribution in [0.3, 0.4) is 0 Å². The third-order valence-corrected chi connectivity index (χ3v) is 7.11. The molecular weight excluding hydrogens is 388 g/mol. The Bertz CT molecular complexity index is 1100. The Balaban J connectivity index is 1.40. The fourth-order valence-electron chi connectivity index (χ4n) is 3.61. The number of hydrogen-bond acceptors (Lipinski definition) is 4. The molecule has 29 heavy (non-hydrogen) atoms. The van der Waals surface area contributed by atoms with E-state index in [1.807, 2.05) is 41.1 Å². The first kappa shape index (κ1) is 19.6. The number of benzene rings is 1. The standard InChI is InChI=1S/C21H24N4O3S/c26-21(23-16-18-5-1-2-10-22-18)9-14-24-13-8-17-15-19(6-7-20(17)24)29(27,28)25-11-3-4-12-25/h1-2,5-8,10,13,15H,3-4,9,11-12,14,16H2,(H,23,26). The molecule has 1 aromatic carbocycles. The zero-order chi connectivity index (χ0) is 20.3. The van der Waals surface area contributed by atoms with E-state index in [9.17, 15) is 13.2 Å². The Hall–Kier alpha value is -2.71. The summed E-state index contributed by atoms with van der Waals surface area (Å²) in [5.74, 6) is -0.0502. The number of aromatic nitrogens is 2. The van der Waals surface area contributed by atoms with Crippen LogP contribution < -0.4 is 5.32 Å². The number of sulfonamides is 1. The molecule has 4 rings (SSSR count). The van der Waals surface area contributed by atoms with Crippen molar-refractivity contribution in [2.75, 3.05) is 13.1 Å². The highest BCUT2D eigenvalue weighted by Crippen LogP contribution is 2.25. The molecule has 1 amide bonds. The summed E-state index contributed by atoms with van der Waals surface area (Å²) in [6.07, 6.45) is 5.76. The smallest absolute Gasteiger partial charge is 0.243 e. The molecule has 3 aromatic rings. The molecule has 3 heterocycles. The Labute approximate surface area is 170 Å². The minimum absolute atomic E-state index is 0.0502. The highest BCUT2D eigenvalue weighted by Gasteiger charge is 2.27. The fourth-order valence-corrected chi connectivity index (χ4v) is 5.17. The number of carbonyl (C=O) groups excluding carboxylic acids is 1. The number of aryl methyl sites for hydroxylation is 1. The second-order valence-electron chi connectivity index (χ2n) is 7.19. The molecule has 0 saturated carbocycles. The predicted octanol–water partition coefficient (Wildman–Crippen LogP) is 2.53. The van der Waals surface area contributed by atoms with Gasteiger partial charge in [0.25, 0.3) is 0 Å². The molecule has 1 fully saturated rings. The van der Waals surface area contributed by atoms with Crippen molar-refractivity contribution in [3.8, 4) is 0 Å². The van der Waals surface area contributed by atoms with Crippen LogP contribution in [-0.2, 0) is 27.9 Å². The molecule has 1 saturated heterocycles. The average Bonchev–Trinajstić information content (AvgIpc) is 3.41. The van der Waals surface area contributed by atoms with E-state index in [-0.39, 0.29) is 5.91 Å². The highest BCUT2D eigenvalue weighted by atomic mass is 32.2. The first-order valence-corrected chi connectivity index (χ1v) is 11.2. The third kappa shape index (κ3) is 4.33. The van der Waals surface area contributed by atoms with Crippen LogP contribution in [0.15, 0.2) is 59.8 Å². The lowest BCUT2D eigenvalue weighted by Crippen LogP contribution is -2.27. The largest absolute Gasteiger partial charge is 0.350 e. The monoisotopic (exact) mass is 412 g/mol. The van der Waals surface area contributed by atoms with Crippen LogP contribution in [0.25, 0.3) is 10.9 Å². The maximum Gasteiger partial charge on any atom is 0.243 e. The van der Waals surface area contributed by atoms with Gasteiger partial charge in [-0.25, -0.2) is 8.42 Å². The minimum atomic E-state index is -3.43. The number of rotatable bonds is 7. The summed E-state index contributed by atoms with van der Waals surface area (Å²) in [5.41, 5.74) is 1.74. The van der Waals surface area contributed by atoms with Gasteiger partial charge in [0.15, 0.2) is 0 Å². The number of hydrogen-bond donors (Lipinski definition) is 1. The van der Waals surface area contributed by atoms with Crippen LogP contribution >= 0.6 is 0 Å². The molecule has 0 aliphatic carbocycles. The average molecular weight is 413 g/mol. The number of fused-ring (bicyclic) bond motifs is 1. The van der Waals surface area contributed by atoms with Crippen molar-refractivity contribution in [3.63, 3.8) is 0 Å². The van der Waals surface area contributed by atoms with Crippen molar-refractivity contribution in [2.24, 2.45) is 0 Å². The molecule has 1 N–H and O–H groups in total. The first-order chi connectivity index (χ1) is 14.0. The lowest BCUT2D eigenvalue weighted by atomic mass is 10.2. The third-order valence-electron chi connectivity index (χ3n) is 5.22. The number of carbonyl (C=O) groups is 1. The summed E-state index contributed by atoms with van der Waals surface area (Å²) in [6.45, 7) is 2.11. The van der Waals surface area contributed by atoms with Gasteiger partial charge in [-0.3, -0.25) is 9.78 Å². The van der Waals surface area contributed by atoms with E-state index in [0.717, 1.165) is 29.4 Å². The number of amides is 1. The van der Waals surface area contributed by atoms with E-state index in [1.165, 1.54) is 0 Å². The van der Waals surface area contributed by atoms with Crippen molar-refractivity contribution in [3.05, 3.63) is 60.6 Å². The van der Waals surface area contributed by atoms with Gasteiger partial charge in [-0.1, -0.05) is 6.07 Å². The molecule has 7 nitrogen and oxygen atoms in total.